The van der Waals surface area contributed by atoms with E-state index in [-0.39, 0.29) is 6.04 Å². The molecule has 19 heavy (non-hydrogen) atoms. The monoisotopic (exact) mass is 274 g/mol. The maximum Gasteiger partial charge on any atom is 0.0515 e. The van der Waals surface area contributed by atoms with Crippen LogP contribution in [0.15, 0.2) is 42.5 Å². The average molecular weight is 275 g/mol. The Hall–Kier alpha value is -1.35. The van der Waals surface area contributed by atoms with E-state index in [0.29, 0.717) is 0 Å². The number of hydrazine groups is 1. The fourth-order valence-corrected chi connectivity index (χ4v) is 2.42. The van der Waals surface area contributed by atoms with Crippen LogP contribution in [0.1, 0.15) is 28.3 Å². The number of rotatable bonds is 4. The van der Waals surface area contributed by atoms with Crippen LogP contribution in [0.4, 0.5) is 0 Å². The molecule has 2 rings (SSSR count). The Labute approximate surface area is 119 Å². The van der Waals surface area contributed by atoms with Gasteiger partial charge >= 0.3 is 0 Å². The molecular weight excluding hydrogens is 256 g/mol. The van der Waals surface area contributed by atoms with Gasteiger partial charge in [0.2, 0.25) is 0 Å². The smallest absolute Gasteiger partial charge is 0.0515 e. The van der Waals surface area contributed by atoms with Gasteiger partial charge in [-0.1, -0.05) is 59.6 Å². The van der Waals surface area contributed by atoms with Gasteiger partial charge in [0.15, 0.2) is 0 Å². The molecule has 2 aromatic rings. The third-order valence-corrected chi connectivity index (χ3v) is 3.88. The van der Waals surface area contributed by atoms with Crippen LogP contribution in [-0.2, 0) is 6.42 Å². The molecule has 3 N–H and O–H groups in total. The summed E-state index contributed by atoms with van der Waals surface area (Å²) in [6.45, 7) is 4.09. The molecule has 0 saturated heterocycles. The first kappa shape index (κ1) is 14.1. The number of hydrogen-bond donors (Lipinski definition) is 2. The van der Waals surface area contributed by atoms with Gasteiger partial charge in [0.05, 0.1) is 6.04 Å². The third kappa shape index (κ3) is 3.35. The second-order valence-electron chi connectivity index (χ2n) is 4.89. The number of benzene rings is 2. The lowest BCUT2D eigenvalue weighted by Gasteiger charge is -2.19. The zero-order valence-corrected chi connectivity index (χ0v) is 12.0. The van der Waals surface area contributed by atoms with Crippen molar-refractivity contribution in [3.8, 4) is 0 Å². The summed E-state index contributed by atoms with van der Waals surface area (Å²) in [6.07, 6.45) is 0.819. The lowest BCUT2D eigenvalue weighted by Crippen LogP contribution is -2.29. The highest BCUT2D eigenvalue weighted by Gasteiger charge is 2.14. The second kappa shape index (κ2) is 6.20. The van der Waals surface area contributed by atoms with E-state index in [2.05, 4.69) is 36.6 Å². The topological polar surface area (TPSA) is 38.0 Å². The lowest BCUT2D eigenvalue weighted by atomic mass is 9.97. The van der Waals surface area contributed by atoms with E-state index >= 15 is 0 Å². The Morgan fingerprint density at radius 3 is 2.42 bits per heavy atom. The van der Waals surface area contributed by atoms with E-state index in [0.717, 1.165) is 22.6 Å². The zero-order chi connectivity index (χ0) is 13.8. The summed E-state index contributed by atoms with van der Waals surface area (Å²) in [5.41, 5.74) is 7.48. The summed E-state index contributed by atoms with van der Waals surface area (Å²) in [7, 11) is 0. The molecule has 100 valence electrons. The standard InChI is InChI=1S/C16H19ClN2/c1-11-6-8-13(9-7-11)10-15(19-18)14-5-3-4-12(2)16(14)17/h3-9,15,19H,10,18H2,1-2H3. The molecule has 0 spiro atoms. The van der Waals surface area contributed by atoms with Crippen LogP contribution in [0.3, 0.4) is 0 Å². The van der Waals surface area contributed by atoms with E-state index in [1.54, 1.807) is 0 Å². The Bertz CT molecular complexity index is 549. The molecule has 0 bridgehead atoms. The number of hydrogen-bond acceptors (Lipinski definition) is 2. The van der Waals surface area contributed by atoms with Gasteiger partial charge in [-0.15, -0.1) is 0 Å². The van der Waals surface area contributed by atoms with E-state index in [1.807, 2.05) is 25.1 Å². The minimum absolute atomic E-state index is 0.0232. The first-order valence-electron chi connectivity index (χ1n) is 6.38. The maximum absolute atomic E-state index is 6.36. The van der Waals surface area contributed by atoms with Crippen LogP contribution < -0.4 is 11.3 Å². The highest BCUT2D eigenvalue weighted by atomic mass is 35.5. The second-order valence-corrected chi connectivity index (χ2v) is 5.27. The summed E-state index contributed by atoms with van der Waals surface area (Å²) < 4.78 is 0. The Kier molecular flexibility index (Phi) is 4.59. The fraction of sp³-hybridized carbons (Fsp3) is 0.250. The summed E-state index contributed by atoms with van der Waals surface area (Å²) in [6, 6.07) is 14.5. The number of nitrogens with two attached hydrogens (primary N) is 1. The Balaban J connectivity index is 2.25. The van der Waals surface area contributed by atoms with Gasteiger partial charge in [-0.05, 0) is 37.0 Å². The van der Waals surface area contributed by atoms with E-state index in [4.69, 9.17) is 17.4 Å². The number of nitrogens with one attached hydrogen (secondary N) is 1. The predicted molar refractivity (Wildman–Crippen MR) is 81.1 cm³/mol. The first-order valence-corrected chi connectivity index (χ1v) is 6.76. The molecule has 0 saturated carbocycles. The molecule has 0 fully saturated rings. The van der Waals surface area contributed by atoms with Gasteiger partial charge in [0, 0.05) is 5.02 Å². The summed E-state index contributed by atoms with van der Waals surface area (Å²) in [4.78, 5) is 0. The largest absolute Gasteiger partial charge is 0.271 e. The van der Waals surface area contributed by atoms with E-state index < -0.39 is 0 Å². The number of aryl methyl sites for hydroxylation is 2. The van der Waals surface area contributed by atoms with Gasteiger partial charge in [-0.25, -0.2) is 0 Å². The quantitative estimate of drug-likeness (QED) is 0.659. The molecule has 0 aromatic heterocycles. The van der Waals surface area contributed by atoms with Crippen molar-refractivity contribution in [3.05, 3.63) is 69.7 Å². The zero-order valence-electron chi connectivity index (χ0n) is 11.3. The molecule has 1 unspecified atom stereocenters. The van der Waals surface area contributed by atoms with Gasteiger partial charge in [-0.3, -0.25) is 11.3 Å². The van der Waals surface area contributed by atoms with Crippen molar-refractivity contribution in [2.75, 3.05) is 0 Å². The molecular formula is C16H19ClN2. The van der Waals surface area contributed by atoms with E-state index in [9.17, 15) is 0 Å². The molecule has 0 amide bonds. The van der Waals surface area contributed by atoms with Crippen molar-refractivity contribution in [1.82, 2.24) is 5.43 Å². The summed E-state index contributed by atoms with van der Waals surface area (Å²) in [5, 5.41) is 0.789. The van der Waals surface area contributed by atoms with Crippen molar-refractivity contribution < 1.29 is 0 Å². The molecule has 2 nitrogen and oxygen atoms in total. The maximum atomic E-state index is 6.36. The molecule has 0 heterocycles. The minimum Gasteiger partial charge on any atom is -0.271 e. The van der Waals surface area contributed by atoms with Crippen LogP contribution in [-0.4, -0.2) is 0 Å². The van der Waals surface area contributed by atoms with Crippen molar-refractivity contribution in [2.24, 2.45) is 5.84 Å². The lowest BCUT2D eigenvalue weighted by molar-refractivity contribution is 0.552. The molecule has 2 aromatic carbocycles. The van der Waals surface area contributed by atoms with Gasteiger partial charge in [-0.2, -0.15) is 0 Å². The van der Waals surface area contributed by atoms with E-state index in [1.165, 1.54) is 11.1 Å². The third-order valence-electron chi connectivity index (χ3n) is 3.36. The molecule has 0 radical (unpaired) electrons. The van der Waals surface area contributed by atoms with Crippen LogP contribution in [0.5, 0.6) is 0 Å². The van der Waals surface area contributed by atoms with Gasteiger partial charge in [0.1, 0.15) is 0 Å². The van der Waals surface area contributed by atoms with Crippen LogP contribution in [0.2, 0.25) is 5.02 Å². The SMILES string of the molecule is Cc1ccc(CC(NN)c2cccc(C)c2Cl)cc1. The first-order chi connectivity index (χ1) is 9.11. The van der Waals surface area contributed by atoms with Crippen molar-refractivity contribution in [3.63, 3.8) is 0 Å². The van der Waals surface area contributed by atoms with Crippen molar-refractivity contribution in [2.45, 2.75) is 26.3 Å². The Morgan fingerprint density at radius 1 is 1.11 bits per heavy atom. The molecule has 3 heteroatoms. The number of halogens is 1. The highest BCUT2D eigenvalue weighted by molar-refractivity contribution is 6.32. The predicted octanol–water partition coefficient (Wildman–Crippen LogP) is 3.70. The van der Waals surface area contributed by atoms with Crippen LogP contribution >= 0.6 is 11.6 Å². The highest BCUT2D eigenvalue weighted by Crippen LogP contribution is 2.28. The Morgan fingerprint density at radius 2 is 1.79 bits per heavy atom. The molecule has 0 aliphatic heterocycles. The normalized spacial score (nSPS) is 12.4. The molecule has 0 aliphatic carbocycles. The average Bonchev–Trinajstić information content (AvgIpc) is 2.42. The van der Waals surface area contributed by atoms with Crippen molar-refractivity contribution >= 4 is 11.6 Å². The minimum atomic E-state index is 0.0232. The fourth-order valence-electron chi connectivity index (χ4n) is 2.16. The molecule has 0 aliphatic rings. The summed E-state index contributed by atoms with van der Waals surface area (Å²) >= 11 is 6.36. The summed E-state index contributed by atoms with van der Waals surface area (Å²) in [5.74, 6) is 5.69. The van der Waals surface area contributed by atoms with Crippen LogP contribution in [0.25, 0.3) is 0 Å². The van der Waals surface area contributed by atoms with Crippen molar-refractivity contribution in [1.29, 1.82) is 0 Å². The van der Waals surface area contributed by atoms with Gasteiger partial charge in [0.25, 0.3) is 0 Å². The van der Waals surface area contributed by atoms with Gasteiger partial charge < -0.3 is 0 Å². The van der Waals surface area contributed by atoms with Crippen LogP contribution in [0, 0.1) is 13.8 Å². The molecule has 1 atom stereocenters.